The molecular weight excluding hydrogens is 344 g/mol. The number of aryl methyl sites for hydroxylation is 1. The van der Waals surface area contributed by atoms with Crippen molar-refractivity contribution < 1.29 is 0 Å². The van der Waals surface area contributed by atoms with Crippen molar-refractivity contribution in [1.29, 1.82) is 0 Å². The first-order valence-electron chi connectivity index (χ1n) is 9.07. The van der Waals surface area contributed by atoms with Gasteiger partial charge < -0.3 is 10.6 Å². The molecule has 5 heteroatoms. The molecule has 0 aliphatic rings. The van der Waals surface area contributed by atoms with E-state index < -0.39 is 10.9 Å². The summed E-state index contributed by atoms with van der Waals surface area (Å²) in [7, 11) is 0. The van der Waals surface area contributed by atoms with Gasteiger partial charge in [-0.1, -0.05) is 37.3 Å². The van der Waals surface area contributed by atoms with E-state index >= 15 is 0 Å². The molecule has 1 aromatic heterocycles. The van der Waals surface area contributed by atoms with E-state index in [1.807, 2.05) is 18.2 Å². The van der Waals surface area contributed by atoms with Crippen LogP contribution in [0.1, 0.15) is 30.9 Å². The van der Waals surface area contributed by atoms with Gasteiger partial charge in [-0.25, -0.2) is 0 Å². The van der Waals surface area contributed by atoms with Gasteiger partial charge in [-0.05, 0) is 53.6 Å². The quantitative estimate of drug-likeness (QED) is 0.422. The third kappa shape index (κ3) is 4.41. The second-order valence-corrected chi connectivity index (χ2v) is 7.29. The van der Waals surface area contributed by atoms with Crippen LogP contribution in [0.3, 0.4) is 0 Å². The predicted octanol–water partition coefficient (Wildman–Crippen LogP) is 3.82. The van der Waals surface area contributed by atoms with Crippen LogP contribution in [0.25, 0.3) is 0 Å². The van der Waals surface area contributed by atoms with E-state index in [1.165, 1.54) is 11.1 Å². The zero-order chi connectivity index (χ0) is 18.4. The first-order chi connectivity index (χ1) is 12.7. The Kier molecular flexibility index (Phi) is 6.23. The molecule has 3 rings (SSSR count). The van der Waals surface area contributed by atoms with Gasteiger partial charge in [0.15, 0.2) is 0 Å². The fourth-order valence-electron chi connectivity index (χ4n) is 3.04. The van der Waals surface area contributed by atoms with E-state index in [9.17, 15) is 9.59 Å². The molecule has 0 aliphatic heterocycles. The van der Waals surface area contributed by atoms with Crippen molar-refractivity contribution in [1.82, 2.24) is 0 Å². The topological polar surface area (TPSA) is 58.2 Å². The molecule has 0 spiro atoms. The minimum atomic E-state index is -0.405. The number of thiophene rings is 1. The molecule has 0 amide bonds. The largest absolute Gasteiger partial charge is 0.380 e. The molecular formula is C21H24N2O2S. The molecule has 2 aromatic carbocycles. The molecule has 136 valence electrons. The lowest BCUT2D eigenvalue weighted by molar-refractivity contribution is 0.690. The first-order valence-corrected chi connectivity index (χ1v) is 10.0. The van der Waals surface area contributed by atoms with E-state index in [0.29, 0.717) is 17.9 Å². The molecule has 1 atom stereocenters. The smallest absolute Gasteiger partial charge is 0.253 e. The molecule has 0 saturated heterocycles. The zero-order valence-corrected chi connectivity index (χ0v) is 15.8. The number of rotatable bonds is 10. The predicted molar refractivity (Wildman–Crippen MR) is 110 cm³/mol. The fraction of sp³-hybridized carbons (Fsp3) is 0.333. The highest BCUT2D eigenvalue weighted by Gasteiger charge is 2.22. The highest BCUT2D eigenvalue weighted by molar-refractivity contribution is 7.07. The van der Waals surface area contributed by atoms with Gasteiger partial charge in [-0.2, -0.15) is 11.3 Å². The number of hydrogen-bond donors (Lipinski definition) is 2. The summed E-state index contributed by atoms with van der Waals surface area (Å²) in [6, 6.07) is 12.5. The van der Waals surface area contributed by atoms with Gasteiger partial charge in [0.1, 0.15) is 11.4 Å². The molecule has 26 heavy (non-hydrogen) atoms. The van der Waals surface area contributed by atoms with Gasteiger partial charge in [0.2, 0.25) is 0 Å². The second-order valence-electron chi connectivity index (χ2n) is 6.51. The molecule has 0 unspecified atom stereocenters. The monoisotopic (exact) mass is 368 g/mol. The van der Waals surface area contributed by atoms with E-state index in [-0.39, 0.29) is 6.04 Å². The van der Waals surface area contributed by atoms with Crippen LogP contribution in [0.4, 0.5) is 11.4 Å². The van der Waals surface area contributed by atoms with Crippen LogP contribution in [-0.4, -0.2) is 12.6 Å². The summed E-state index contributed by atoms with van der Waals surface area (Å²) in [6.45, 7) is 2.76. The maximum atomic E-state index is 12.0. The van der Waals surface area contributed by atoms with Gasteiger partial charge in [-0.15, -0.1) is 0 Å². The lowest BCUT2D eigenvalue weighted by Crippen LogP contribution is -2.40. The Morgan fingerprint density at radius 1 is 1.00 bits per heavy atom. The Morgan fingerprint density at radius 3 is 2.46 bits per heavy atom. The van der Waals surface area contributed by atoms with Crippen LogP contribution in [-0.2, 0) is 12.8 Å². The van der Waals surface area contributed by atoms with Crippen molar-refractivity contribution >= 4 is 22.7 Å². The van der Waals surface area contributed by atoms with Crippen LogP contribution in [0.5, 0.6) is 0 Å². The SMILES string of the molecule is CC[C@H](Cc1ccsc1)Nc1c(NCCCc2ccccc2)c(=O)c1=O. The number of hydrogen-bond acceptors (Lipinski definition) is 5. The fourth-order valence-corrected chi connectivity index (χ4v) is 3.72. The molecule has 1 heterocycles. The maximum Gasteiger partial charge on any atom is 0.253 e. The lowest BCUT2D eigenvalue weighted by atomic mass is 10.0. The van der Waals surface area contributed by atoms with Crippen LogP contribution in [0, 0.1) is 0 Å². The third-order valence-electron chi connectivity index (χ3n) is 4.60. The van der Waals surface area contributed by atoms with Crippen molar-refractivity contribution in [2.75, 3.05) is 17.2 Å². The standard InChI is InChI=1S/C21H24N2O2S/c1-2-17(13-16-10-12-26-14-16)23-19-18(20(24)21(19)25)22-11-6-9-15-7-4-3-5-8-15/h3-5,7-8,10,12,14,17,22-23H,2,6,9,11,13H2,1H3/t17-/m1/s1. The van der Waals surface area contributed by atoms with E-state index in [1.54, 1.807) is 11.3 Å². The van der Waals surface area contributed by atoms with Gasteiger partial charge in [0, 0.05) is 12.6 Å². The normalized spacial score (nSPS) is 12.2. The van der Waals surface area contributed by atoms with Crippen LogP contribution >= 0.6 is 11.3 Å². The minimum absolute atomic E-state index is 0.151. The molecule has 0 fully saturated rings. The summed E-state index contributed by atoms with van der Waals surface area (Å²) in [5.41, 5.74) is 2.63. The summed E-state index contributed by atoms with van der Waals surface area (Å²) >= 11 is 1.67. The van der Waals surface area contributed by atoms with E-state index in [2.05, 4.69) is 46.5 Å². The van der Waals surface area contributed by atoms with Gasteiger partial charge in [0.05, 0.1) is 0 Å². The summed E-state index contributed by atoms with van der Waals surface area (Å²) in [4.78, 5) is 23.9. The summed E-state index contributed by atoms with van der Waals surface area (Å²) in [6.07, 6.45) is 3.60. The Hall–Kier alpha value is -2.40. The lowest BCUT2D eigenvalue weighted by Gasteiger charge is -2.21. The Morgan fingerprint density at radius 2 is 1.77 bits per heavy atom. The average Bonchev–Trinajstić information content (AvgIpc) is 3.19. The number of benzene rings is 1. The molecule has 0 saturated carbocycles. The van der Waals surface area contributed by atoms with Crippen LogP contribution in [0.15, 0.2) is 56.7 Å². The maximum absolute atomic E-state index is 12.0. The number of anilines is 2. The van der Waals surface area contributed by atoms with Gasteiger partial charge in [0.25, 0.3) is 10.9 Å². The van der Waals surface area contributed by atoms with Crippen LogP contribution in [0.2, 0.25) is 0 Å². The molecule has 0 bridgehead atoms. The third-order valence-corrected chi connectivity index (χ3v) is 5.33. The molecule has 0 aliphatic carbocycles. The van der Waals surface area contributed by atoms with Crippen molar-refractivity contribution in [2.45, 2.75) is 38.6 Å². The highest BCUT2D eigenvalue weighted by Crippen LogP contribution is 2.19. The summed E-state index contributed by atoms with van der Waals surface area (Å²) < 4.78 is 0. The molecule has 0 radical (unpaired) electrons. The van der Waals surface area contributed by atoms with Crippen LogP contribution < -0.4 is 21.5 Å². The zero-order valence-electron chi connectivity index (χ0n) is 15.0. The summed E-state index contributed by atoms with van der Waals surface area (Å²) in [5, 5.41) is 10.6. The second kappa shape index (κ2) is 8.81. The van der Waals surface area contributed by atoms with Crippen molar-refractivity contribution in [3.8, 4) is 0 Å². The number of nitrogens with one attached hydrogen (secondary N) is 2. The van der Waals surface area contributed by atoms with E-state index in [0.717, 1.165) is 25.7 Å². The first kappa shape index (κ1) is 18.4. The van der Waals surface area contributed by atoms with Gasteiger partial charge in [-0.3, -0.25) is 9.59 Å². The summed E-state index contributed by atoms with van der Waals surface area (Å²) in [5.74, 6) is 0. The Labute approximate surface area is 157 Å². The Bertz CT molecular complexity index is 881. The van der Waals surface area contributed by atoms with Crippen molar-refractivity contribution in [2.24, 2.45) is 0 Å². The van der Waals surface area contributed by atoms with Crippen molar-refractivity contribution in [3.05, 3.63) is 78.7 Å². The van der Waals surface area contributed by atoms with E-state index in [4.69, 9.17) is 0 Å². The van der Waals surface area contributed by atoms with Crippen molar-refractivity contribution in [3.63, 3.8) is 0 Å². The molecule has 2 N–H and O–H groups in total. The highest BCUT2D eigenvalue weighted by atomic mass is 32.1. The molecule has 3 aromatic rings. The average molecular weight is 369 g/mol. The minimum Gasteiger partial charge on any atom is -0.380 e. The Balaban J connectivity index is 1.55. The molecule has 4 nitrogen and oxygen atoms in total. The van der Waals surface area contributed by atoms with Gasteiger partial charge >= 0.3 is 0 Å².